The number of hydrogen-bond acceptors (Lipinski definition) is 2. The van der Waals surface area contributed by atoms with Crippen LogP contribution in [0.4, 0.5) is 0 Å². The highest BCUT2D eigenvalue weighted by Gasteiger charge is 2.44. The van der Waals surface area contributed by atoms with Gasteiger partial charge in [-0.25, -0.2) is 0 Å². The maximum atomic E-state index is 3.84. The van der Waals surface area contributed by atoms with Crippen molar-refractivity contribution in [1.29, 1.82) is 0 Å². The van der Waals surface area contributed by atoms with Gasteiger partial charge in [0.25, 0.3) is 0 Å². The quantitative estimate of drug-likeness (QED) is 0.749. The van der Waals surface area contributed by atoms with Crippen molar-refractivity contribution in [3.8, 4) is 0 Å². The molecule has 1 saturated heterocycles. The van der Waals surface area contributed by atoms with Crippen molar-refractivity contribution in [2.24, 2.45) is 11.8 Å². The molecule has 0 amide bonds. The van der Waals surface area contributed by atoms with E-state index in [-0.39, 0.29) is 0 Å². The molecular formula is C14H26N2. The minimum atomic E-state index is 0.408. The van der Waals surface area contributed by atoms with Gasteiger partial charge in [0.05, 0.1) is 0 Å². The second-order valence-electron chi connectivity index (χ2n) is 6.46. The predicted molar refractivity (Wildman–Crippen MR) is 67.5 cm³/mol. The maximum absolute atomic E-state index is 3.84. The fraction of sp³-hybridized carbons (Fsp3) is 1.00. The minimum absolute atomic E-state index is 0.408. The van der Waals surface area contributed by atoms with Crippen molar-refractivity contribution in [3.63, 3.8) is 0 Å². The second kappa shape index (κ2) is 4.30. The first-order valence-corrected chi connectivity index (χ1v) is 7.26. The SMILES string of the molecule is CC1(C2CC2)CNC(C2CCCCC2)CN1. The first kappa shape index (κ1) is 11.0. The van der Waals surface area contributed by atoms with Crippen LogP contribution >= 0.6 is 0 Å². The van der Waals surface area contributed by atoms with Crippen molar-refractivity contribution in [1.82, 2.24) is 10.6 Å². The summed E-state index contributed by atoms with van der Waals surface area (Å²) in [7, 11) is 0. The molecule has 1 heterocycles. The van der Waals surface area contributed by atoms with Crippen LogP contribution in [0.1, 0.15) is 51.9 Å². The Balaban J connectivity index is 1.53. The van der Waals surface area contributed by atoms with Gasteiger partial charge in [-0.2, -0.15) is 0 Å². The molecule has 3 rings (SSSR count). The van der Waals surface area contributed by atoms with Crippen LogP contribution in [0.15, 0.2) is 0 Å². The predicted octanol–water partition coefficient (Wildman–Crippen LogP) is 2.30. The molecule has 1 aliphatic heterocycles. The van der Waals surface area contributed by atoms with Crippen molar-refractivity contribution < 1.29 is 0 Å². The number of rotatable bonds is 2. The maximum Gasteiger partial charge on any atom is 0.0306 e. The van der Waals surface area contributed by atoms with E-state index in [1.807, 2.05) is 0 Å². The Morgan fingerprint density at radius 1 is 1.00 bits per heavy atom. The lowest BCUT2D eigenvalue weighted by molar-refractivity contribution is 0.169. The molecule has 2 atom stereocenters. The molecule has 0 aromatic heterocycles. The third-order valence-corrected chi connectivity index (χ3v) is 5.15. The first-order valence-electron chi connectivity index (χ1n) is 7.26. The van der Waals surface area contributed by atoms with E-state index < -0.39 is 0 Å². The molecule has 0 spiro atoms. The van der Waals surface area contributed by atoms with E-state index in [9.17, 15) is 0 Å². The molecule has 2 heteroatoms. The van der Waals surface area contributed by atoms with Gasteiger partial charge < -0.3 is 10.6 Å². The highest BCUT2D eigenvalue weighted by molar-refractivity contribution is 5.03. The van der Waals surface area contributed by atoms with Crippen LogP contribution in [0.2, 0.25) is 0 Å². The van der Waals surface area contributed by atoms with E-state index in [2.05, 4.69) is 17.6 Å². The molecule has 3 aliphatic rings. The van der Waals surface area contributed by atoms with Gasteiger partial charge in [0.2, 0.25) is 0 Å². The summed E-state index contributed by atoms with van der Waals surface area (Å²) in [5.41, 5.74) is 0.408. The molecule has 2 unspecified atom stereocenters. The minimum Gasteiger partial charge on any atom is -0.311 e. The smallest absolute Gasteiger partial charge is 0.0306 e. The normalized spacial score (nSPS) is 42.2. The summed E-state index contributed by atoms with van der Waals surface area (Å²) in [5.74, 6) is 1.90. The van der Waals surface area contributed by atoms with Gasteiger partial charge in [-0.1, -0.05) is 19.3 Å². The van der Waals surface area contributed by atoms with Gasteiger partial charge in [-0.15, -0.1) is 0 Å². The molecule has 2 saturated carbocycles. The van der Waals surface area contributed by atoms with E-state index in [0.717, 1.165) is 17.9 Å². The lowest BCUT2D eigenvalue weighted by Gasteiger charge is -2.43. The average Bonchev–Trinajstić information content (AvgIpc) is 3.15. The Morgan fingerprint density at radius 3 is 2.31 bits per heavy atom. The molecule has 0 aromatic rings. The molecule has 2 N–H and O–H groups in total. The Bertz CT molecular complexity index is 233. The van der Waals surface area contributed by atoms with Gasteiger partial charge in [-0.05, 0) is 44.4 Å². The molecule has 3 fully saturated rings. The number of piperazine rings is 1. The van der Waals surface area contributed by atoms with Gasteiger partial charge in [-0.3, -0.25) is 0 Å². The Kier molecular flexibility index (Phi) is 2.97. The Morgan fingerprint density at radius 2 is 1.75 bits per heavy atom. The van der Waals surface area contributed by atoms with Crippen molar-refractivity contribution in [2.45, 2.75) is 63.5 Å². The highest BCUT2D eigenvalue weighted by Crippen LogP contribution is 2.40. The van der Waals surface area contributed by atoms with Crippen LogP contribution in [-0.4, -0.2) is 24.7 Å². The molecule has 0 radical (unpaired) electrons. The molecular weight excluding hydrogens is 196 g/mol. The number of nitrogens with one attached hydrogen (secondary N) is 2. The first-order chi connectivity index (χ1) is 7.78. The van der Waals surface area contributed by atoms with Gasteiger partial charge in [0.1, 0.15) is 0 Å². The molecule has 2 nitrogen and oxygen atoms in total. The average molecular weight is 222 g/mol. The van der Waals surface area contributed by atoms with Crippen LogP contribution in [0.3, 0.4) is 0 Å². The third kappa shape index (κ3) is 2.14. The summed E-state index contributed by atoms with van der Waals surface area (Å²) < 4.78 is 0. The molecule has 16 heavy (non-hydrogen) atoms. The summed E-state index contributed by atoms with van der Waals surface area (Å²) >= 11 is 0. The lowest BCUT2D eigenvalue weighted by atomic mass is 9.81. The summed E-state index contributed by atoms with van der Waals surface area (Å²) in [6, 6.07) is 0.757. The van der Waals surface area contributed by atoms with Crippen LogP contribution in [0.25, 0.3) is 0 Å². The third-order valence-electron chi connectivity index (χ3n) is 5.15. The standard InChI is InChI=1S/C14H26N2/c1-14(12-7-8-12)10-15-13(9-16-14)11-5-3-2-4-6-11/h11-13,15-16H,2-10H2,1H3. The van der Waals surface area contributed by atoms with Crippen molar-refractivity contribution in [2.75, 3.05) is 13.1 Å². The molecule has 2 aliphatic carbocycles. The zero-order chi connectivity index (χ0) is 11.0. The lowest BCUT2D eigenvalue weighted by Crippen LogP contribution is -2.64. The summed E-state index contributed by atoms with van der Waals surface area (Å²) in [5, 5.41) is 7.68. The van der Waals surface area contributed by atoms with Crippen molar-refractivity contribution >= 4 is 0 Å². The fourth-order valence-corrected chi connectivity index (χ4v) is 3.70. The van der Waals surface area contributed by atoms with Gasteiger partial charge >= 0.3 is 0 Å². The second-order valence-corrected chi connectivity index (χ2v) is 6.46. The zero-order valence-corrected chi connectivity index (χ0v) is 10.6. The summed E-state index contributed by atoms with van der Waals surface area (Å²) in [4.78, 5) is 0. The van der Waals surface area contributed by atoms with Crippen LogP contribution < -0.4 is 10.6 Å². The zero-order valence-electron chi connectivity index (χ0n) is 10.6. The van der Waals surface area contributed by atoms with Crippen LogP contribution in [0.5, 0.6) is 0 Å². The molecule has 0 aromatic carbocycles. The van der Waals surface area contributed by atoms with E-state index in [4.69, 9.17) is 0 Å². The topological polar surface area (TPSA) is 24.1 Å². The largest absolute Gasteiger partial charge is 0.311 e. The monoisotopic (exact) mass is 222 g/mol. The Labute approximate surface area is 99.6 Å². The van der Waals surface area contributed by atoms with E-state index in [1.54, 1.807) is 0 Å². The number of hydrogen-bond donors (Lipinski definition) is 2. The van der Waals surface area contributed by atoms with Gasteiger partial charge in [0, 0.05) is 24.7 Å². The Hall–Kier alpha value is -0.0800. The van der Waals surface area contributed by atoms with Crippen LogP contribution in [-0.2, 0) is 0 Å². The van der Waals surface area contributed by atoms with Gasteiger partial charge in [0.15, 0.2) is 0 Å². The van der Waals surface area contributed by atoms with E-state index in [1.165, 1.54) is 58.0 Å². The molecule has 92 valence electrons. The highest BCUT2D eigenvalue weighted by atomic mass is 15.1. The van der Waals surface area contributed by atoms with E-state index >= 15 is 0 Å². The van der Waals surface area contributed by atoms with Crippen molar-refractivity contribution in [3.05, 3.63) is 0 Å². The summed E-state index contributed by atoms with van der Waals surface area (Å²) in [6.45, 7) is 4.81. The van der Waals surface area contributed by atoms with E-state index in [0.29, 0.717) is 5.54 Å². The van der Waals surface area contributed by atoms with Crippen LogP contribution in [0, 0.1) is 11.8 Å². The molecule has 0 bridgehead atoms. The summed E-state index contributed by atoms with van der Waals surface area (Å²) in [6.07, 6.45) is 10.2. The fourth-order valence-electron chi connectivity index (χ4n) is 3.70.